The van der Waals surface area contributed by atoms with E-state index in [1.54, 1.807) is 0 Å². The Morgan fingerprint density at radius 1 is 1.14 bits per heavy atom. The lowest BCUT2D eigenvalue weighted by molar-refractivity contribution is 0.0326. The van der Waals surface area contributed by atoms with Crippen molar-refractivity contribution in [3.63, 3.8) is 0 Å². The van der Waals surface area contributed by atoms with E-state index in [1.165, 1.54) is 18.2 Å². The fraction of sp³-hybridized carbons (Fsp3) is 0.588. The van der Waals surface area contributed by atoms with Crippen LogP contribution in [0.3, 0.4) is 0 Å². The van der Waals surface area contributed by atoms with Gasteiger partial charge in [0, 0.05) is 39.3 Å². The van der Waals surface area contributed by atoms with Crippen molar-refractivity contribution in [1.29, 1.82) is 0 Å². The highest BCUT2D eigenvalue weighted by molar-refractivity contribution is 5.89. The highest BCUT2D eigenvalue weighted by Gasteiger charge is 2.19. The van der Waals surface area contributed by atoms with Crippen LogP contribution in [0.5, 0.6) is 0 Å². The molecule has 1 aromatic carbocycles. The van der Waals surface area contributed by atoms with Crippen LogP contribution in [0.1, 0.15) is 21.5 Å². The first kappa shape index (κ1) is 15.5. The number of benzene rings is 1. The van der Waals surface area contributed by atoms with Gasteiger partial charge in [-0.15, -0.1) is 0 Å². The van der Waals surface area contributed by atoms with E-state index >= 15 is 0 Å². The number of fused-ring (bicyclic) bond motifs is 1. The predicted octanol–water partition coefficient (Wildman–Crippen LogP) is 1.16. The third-order valence-electron chi connectivity index (χ3n) is 4.55. The van der Waals surface area contributed by atoms with Crippen LogP contribution in [-0.2, 0) is 22.4 Å². The summed E-state index contributed by atoms with van der Waals surface area (Å²) >= 11 is 0. The highest BCUT2D eigenvalue weighted by atomic mass is 16.5. The Kier molecular flexibility index (Phi) is 5.08. The predicted molar refractivity (Wildman–Crippen MR) is 84.0 cm³/mol. The molecule has 0 aliphatic carbocycles. The molecule has 22 heavy (non-hydrogen) atoms. The molecule has 0 saturated carbocycles. The van der Waals surface area contributed by atoms with Gasteiger partial charge in [-0.2, -0.15) is 0 Å². The lowest BCUT2D eigenvalue weighted by Gasteiger charge is -2.32. The van der Waals surface area contributed by atoms with E-state index in [0.29, 0.717) is 5.56 Å². The second kappa shape index (κ2) is 7.22. The molecule has 120 valence electrons. The van der Waals surface area contributed by atoms with Crippen molar-refractivity contribution in [1.82, 2.24) is 9.80 Å². The van der Waals surface area contributed by atoms with E-state index < -0.39 is 0 Å². The summed E-state index contributed by atoms with van der Waals surface area (Å²) in [6.07, 6.45) is 1.00. The Morgan fingerprint density at radius 2 is 1.91 bits per heavy atom. The van der Waals surface area contributed by atoms with Crippen molar-refractivity contribution in [3.8, 4) is 0 Å². The van der Waals surface area contributed by atoms with Gasteiger partial charge in [0.1, 0.15) is 0 Å². The summed E-state index contributed by atoms with van der Waals surface area (Å²) in [7, 11) is 1.43. The number of esters is 1. The van der Waals surface area contributed by atoms with E-state index in [-0.39, 0.29) is 5.97 Å². The number of morpholine rings is 1. The molecule has 2 aliphatic rings. The van der Waals surface area contributed by atoms with Crippen molar-refractivity contribution < 1.29 is 14.3 Å². The summed E-state index contributed by atoms with van der Waals surface area (Å²) in [5.41, 5.74) is 3.27. The van der Waals surface area contributed by atoms with Gasteiger partial charge >= 0.3 is 5.97 Å². The number of ether oxygens (including phenoxy) is 2. The maximum atomic E-state index is 11.6. The van der Waals surface area contributed by atoms with Crippen LogP contribution in [0.2, 0.25) is 0 Å². The molecule has 1 saturated heterocycles. The van der Waals surface area contributed by atoms with Gasteiger partial charge in [-0.05, 0) is 29.7 Å². The summed E-state index contributed by atoms with van der Waals surface area (Å²) in [6, 6.07) is 5.93. The van der Waals surface area contributed by atoms with E-state index in [2.05, 4.69) is 15.9 Å². The van der Waals surface area contributed by atoms with E-state index in [4.69, 9.17) is 9.47 Å². The molecule has 1 aromatic rings. The van der Waals surface area contributed by atoms with Crippen molar-refractivity contribution in [3.05, 3.63) is 34.9 Å². The zero-order chi connectivity index (χ0) is 15.4. The number of hydrogen-bond donors (Lipinski definition) is 0. The molecule has 2 heterocycles. The van der Waals surface area contributed by atoms with Crippen LogP contribution in [-0.4, -0.2) is 68.8 Å². The van der Waals surface area contributed by atoms with E-state index in [9.17, 15) is 4.79 Å². The van der Waals surface area contributed by atoms with Gasteiger partial charge < -0.3 is 9.47 Å². The standard InChI is InChI=1S/C17H24N2O3/c1-21-17(20)15-2-3-16-13-19(5-4-14(16)12-15)7-6-18-8-10-22-11-9-18/h2-3,12H,4-11,13H2,1H3. The van der Waals surface area contributed by atoms with Crippen LogP contribution in [0.25, 0.3) is 0 Å². The largest absolute Gasteiger partial charge is 0.465 e. The maximum absolute atomic E-state index is 11.6. The summed E-state index contributed by atoms with van der Waals surface area (Å²) < 4.78 is 10.2. The monoisotopic (exact) mass is 304 g/mol. The number of carbonyl (C=O) groups excluding carboxylic acids is 1. The third-order valence-corrected chi connectivity index (χ3v) is 4.55. The Bertz CT molecular complexity index is 527. The van der Waals surface area contributed by atoms with Crippen LogP contribution in [0.4, 0.5) is 0 Å². The van der Waals surface area contributed by atoms with Crippen LogP contribution in [0, 0.1) is 0 Å². The van der Waals surface area contributed by atoms with Crippen molar-refractivity contribution in [2.75, 3.05) is 53.0 Å². The number of rotatable bonds is 4. The highest BCUT2D eigenvalue weighted by Crippen LogP contribution is 2.20. The second-order valence-corrected chi connectivity index (χ2v) is 5.96. The van der Waals surface area contributed by atoms with E-state index in [1.807, 2.05) is 12.1 Å². The minimum absolute atomic E-state index is 0.252. The zero-order valence-corrected chi connectivity index (χ0v) is 13.2. The molecule has 0 aromatic heterocycles. The van der Waals surface area contributed by atoms with Gasteiger partial charge in [0.15, 0.2) is 0 Å². The lowest BCUT2D eigenvalue weighted by atomic mass is 9.97. The quantitative estimate of drug-likeness (QED) is 0.781. The fourth-order valence-corrected chi connectivity index (χ4v) is 3.15. The molecule has 3 rings (SSSR count). The average Bonchev–Trinajstić information content (AvgIpc) is 2.59. The summed E-state index contributed by atoms with van der Waals surface area (Å²) in [5.74, 6) is -0.252. The molecule has 0 unspecified atom stereocenters. The normalized spacial score (nSPS) is 19.7. The fourth-order valence-electron chi connectivity index (χ4n) is 3.15. The summed E-state index contributed by atoms with van der Waals surface area (Å²) in [4.78, 5) is 16.6. The Hall–Kier alpha value is -1.43. The molecule has 0 bridgehead atoms. The van der Waals surface area contributed by atoms with Crippen LogP contribution < -0.4 is 0 Å². The van der Waals surface area contributed by atoms with Gasteiger partial charge in [0.2, 0.25) is 0 Å². The first-order valence-electron chi connectivity index (χ1n) is 7.99. The first-order valence-corrected chi connectivity index (χ1v) is 7.99. The molecule has 0 N–H and O–H groups in total. The Labute approximate surface area is 131 Å². The number of nitrogens with zero attached hydrogens (tertiary/aromatic N) is 2. The SMILES string of the molecule is COC(=O)c1ccc2c(c1)CCN(CCN1CCOCC1)C2. The topological polar surface area (TPSA) is 42.0 Å². The molecular formula is C17H24N2O3. The Morgan fingerprint density at radius 3 is 2.68 bits per heavy atom. The molecule has 1 fully saturated rings. The maximum Gasteiger partial charge on any atom is 0.337 e. The Balaban J connectivity index is 1.56. The van der Waals surface area contributed by atoms with Gasteiger partial charge in [0.25, 0.3) is 0 Å². The van der Waals surface area contributed by atoms with Crippen molar-refractivity contribution >= 4 is 5.97 Å². The third kappa shape index (κ3) is 3.66. The molecule has 5 nitrogen and oxygen atoms in total. The van der Waals surface area contributed by atoms with E-state index in [0.717, 1.165) is 58.9 Å². The number of carbonyl (C=O) groups is 1. The molecule has 0 spiro atoms. The first-order chi connectivity index (χ1) is 10.8. The number of methoxy groups -OCH3 is 1. The van der Waals surface area contributed by atoms with Gasteiger partial charge in [-0.3, -0.25) is 9.80 Å². The van der Waals surface area contributed by atoms with Gasteiger partial charge in [0.05, 0.1) is 25.9 Å². The van der Waals surface area contributed by atoms with Gasteiger partial charge in [-0.1, -0.05) is 6.07 Å². The van der Waals surface area contributed by atoms with Crippen molar-refractivity contribution in [2.45, 2.75) is 13.0 Å². The smallest absolute Gasteiger partial charge is 0.337 e. The molecule has 0 atom stereocenters. The summed E-state index contributed by atoms with van der Waals surface area (Å²) in [5, 5.41) is 0. The minimum atomic E-state index is -0.252. The van der Waals surface area contributed by atoms with Crippen molar-refractivity contribution in [2.24, 2.45) is 0 Å². The molecule has 0 amide bonds. The lowest BCUT2D eigenvalue weighted by Crippen LogP contribution is -2.42. The average molecular weight is 304 g/mol. The van der Waals surface area contributed by atoms with Crippen LogP contribution >= 0.6 is 0 Å². The van der Waals surface area contributed by atoms with Gasteiger partial charge in [-0.25, -0.2) is 4.79 Å². The summed E-state index contributed by atoms with van der Waals surface area (Å²) in [6.45, 7) is 8.05. The second-order valence-electron chi connectivity index (χ2n) is 5.96. The minimum Gasteiger partial charge on any atom is -0.465 e. The molecule has 0 radical (unpaired) electrons. The number of hydrogen-bond acceptors (Lipinski definition) is 5. The van der Waals surface area contributed by atoms with Crippen LogP contribution in [0.15, 0.2) is 18.2 Å². The molecule has 5 heteroatoms. The molecular weight excluding hydrogens is 280 g/mol. The zero-order valence-electron chi connectivity index (χ0n) is 13.2. The molecule has 2 aliphatic heterocycles.